The van der Waals surface area contributed by atoms with Crippen molar-refractivity contribution in [3.8, 4) is 16.9 Å². The normalized spacial score (nSPS) is 10.8. The first-order chi connectivity index (χ1) is 11.6. The van der Waals surface area contributed by atoms with Crippen LogP contribution in [0.5, 0.6) is 0 Å². The van der Waals surface area contributed by atoms with Crippen molar-refractivity contribution >= 4 is 17.3 Å². The fraction of sp³-hybridized carbons (Fsp3) is 0.188. The maximum atomic E-state index is 10.8. The molecule has 0 saturated heterocycles. The third-order valence-electron chi connectivity index (χ3n) is 3.46. The lowest BCUT2D eigenvalue weighted by Crippen LogP contribution is -1.97. The molecule has 0 bridgehead atoms. The predicted octanol–water partition coefficient (Wildman–Crippen LogP) is 3.84. The van der Waals surface area contributed by atoms with Crippen molar-refractivity contribution in [1.82, 2.24) is 19.7 Å². The molecule has 3 heterocycles. The topological polar surface area (TPSA) is 86.7 Å². The first-order valence-electron chi connectivity index (χ1n) is 7.38. The quantitative estimate of drug-likeness (QED) is 0.518. The van der Waals surface area contributed by atoms with E-state index in [0.717, 1.165) is 24.2 Å². The van der Waals surface area contributed by atoms with E-state index in [-0.39, 0.29) is 10.7 Å². The van der Waals surface area contributed by atoms with Crippen LogP contribution < -0.4 is 0 Å². The van der Waals surface area contributed by atoms with Crippen molar-refractivity contribution in [1.29, 1.82) is 0 Å². The lowest BCUT2D eigenvalue weighted by Gasteiger charge is -2.03. The van der Waals surface area contributed by atoms with Crippen LogP contribution in [-0.4, -0.2) is 24.7 Å². The molecule has 122 valence electrons. The summed E-state index contributed by atoms with van der Waals surface area (Å²) in [5.41, 5.74) is 2.88. The van der Waals surface area contributed by atoms with Crippen LogP contribution in [0.25, 0.3) is 16.9 Å². The Morgan fingerprint density at radius 1 is 1.29 bits per heavy atom. The smallest absolute Gasteiger partial charge is 0.261 e. The lowest BCUT2D eigenvalue weighted by atomic mass is 10.2. The van der Waals surface area contributed by atoms with Crippen molar-refractivity contribution in [2.75, 3.05) is 0 Å². The van der Waals surface area contributed by atoms with Crippen LogP contribution in [0, 0.1) is 10.1 Å². The van der Waals surface area contributed by atoms with Gasteiger partial charge in [-0.3, -0.25) is 15.1 Å². The third kappa shape index (κ3) is 3.26. The summed E-state index contributed by atoms with van der Waals surface area (Å²) in [5, 5.41) is 15.3. The molecule has 0 aliphatic rings. The molecule has 8 heteroatoms. The van der Waals surface area contributed by atoms with E-state index in [1.807, 2.05) is 12.1 Å². The van der Waals surface area contributed by atoms with Crippen molar-refractivity contribution in [2.45, 2.75) is 19.8 Å². The summed E-state index contributed by atoms with van der Waals surface area (Å²) in [6.45, 7) is 2.10. The molecule has 0 unspecified atom stereocenters. The van der Waals surface area contributed by atoms with Crippen LogP contribution in [0.1, 0.15) is 19.0 Å². The number of aromatic nitrogens is 4. The molecule has 0 amide bonds. The van der Waals surface area contributed by atoms with E-state index in [1.165, 1.54) is 12.3 Å². The first-order valence-corrected chi connectivity index (χ1v) is 7.76. The summed E-state index contributed by atoms with van der Waals surface area (Å²) in [7, 11) is 0. The average molecular weight is 344 g/mol. The maximum absolute atomic E-state index is 10.8. The summed E-state index contributed by atoms with van der Waals surface area (Å²) in [6, 6.07) is 5.12. The third-order valence-corrected chi connectivity index (χ3v) is 3.75. The second-order valence-electron chi connectivity index (χ2n) is 5.21. The Balaban J connectivity index is 1.93. The van der Waals surface area contributed by atoms with Crippen LogP contribution in [0.3, 0.4) is 0 Å². The highest BCUT2D eigenvalue weighted by Crippen LogP contribution is 2.28. The molecule has 3 rings (SSSR count). The van der Waals surface area contributed by atoms with Gasteiger partial charge in [0.15, 0.2) is 0 Å². The molecule has 0 spiro atoms. The monoisotopic (exact) mass is 343 g/mol. The summed E-state index contributed by atoms with van der Waals surface area (Å²) in [4.78, 5) is 18.6. The maximum Gasteiger partial charge on any atom is 0.289 e. The summed E-state index contributed by atoms with van der Waals surface area (Å²) in [5.74, 6) is 0. The van der Waals surface area contributed by atoms with Crippen molar-refractivity contribution in [3.63, 3.8) is 0 Å². The molecule has 0 radical (unpaired) electrons. The highest BCUT2D eigenvalue weighted by molar-refractivity contribution is 6.33. The van der Waals surface area contributed by atoms with Gasteiger partial charge in [-0.25, -0.2) is 9.67 Å². The first kappa shape index (κ1) is 16.1. The van der Waals surface area contributed by atoms with E-state index in [9.17, 15) is 10.1 Å². The molecule has 0 aliphatic heterocycles. The number of rotatable bonds is 5. The molecule has 3 aromatic rings. The van der Waals surface area contributed by atoms with E-state index in [4.69, 9.17) is 11.6 Å². The van der Waals surface area contributed by atoms with E-state index < -0.39 is 4.92 Å². The minimum Gasteiger partial charge on any atom is -0.261 e. The summed E-state index contributed by atoms with van der Waals surface area (Å²) >= 11 is 6.12. The van der Waals surface area contributed by atoms with Crippen molar-refractivity contribution in [3.05, 3.63) is 63.8 Å². The highest BCUT2D eigenvalue weighted by atomic mass is 35.5. The van der Waals surface area contributed by atoms with Gasteiger partial charge in [0.25, 0.3) is 5.69 Å². The minimum absolute atomic E-state index is 0.144. The van der Waals surface area contributed by atoms with Crippen LogP contribution in [0.15, 0.2) is 43.0 Å². The number of nitrogens with zero attached hydrogens (tertiary/aromatic N) is 5. The SMILES string of the molecule is CCCc1cc(-n2cc(-c3ncc([N+](=O)[O-])cc3Cl)cn2)ccn1. The zero-order chi connectivity index (χ0) is 17.1. The molecule has 7 nitrogen and oxygen atoms in total. The molecule has 0 atom stereocenters. The molecule has 3 aromatic heterocycles. The summed E-state index contributed by atoms with van der Waals surface area (Å²) < 4.78 is 1.70. The molecular formula is C16H14ClN5O2. The number of pyridine rings is 2. The van der Waals surface area contributed by atoms with Gasteiger partial charge in [0.2, 0.25) is 0 Å². The standard InChI is InChI=1S/C16H14ClN5O2/c1-2-3-12-6-13(4-5-18-12)21-10-11(8-20-21)16-15(17)7-14(9-19-16)22(23)24/h4-10H,2-3H2,1H3. The molecule has 0 aromatic carbocycles. The molecule has 0 fully saturated rings. The molecule has 0 saturated carbocycles. The van der Waals surface area contributed by atoms with Gasteiger partial charge in [0.1, 0.15) is 6.20 Å². The predicted molar refractivity (Wildman–Crippen MR) is 90.2 cm³/mol. The minimum atomic E-state index is -0.529. The number of aryl methyl sites for hydroxylation is 1. The number of nitro groups is 1. The van der Waals surface area contributed by atoms with E-state index in [1.54, 1.807) is 23.3 Å². The Morgan fingerprint density at radius 3 is 2.83 bits per heavy atom. The zero-order valence-electron chi connectivity index (χ0n) is 12.9. The van der Waals surface area contributed by atoms with Crippen molar-refractivity contribution < 1.29 is 4.92 Å². The van der Waals surface area contributed by atoms with Gasteiger partial charge in [-0.15, -0.1) is 0 Å². The second-order valence-corrected chi connectivity index (χ2v) is 5.62. The Morgan fingerprint density at radius 2 is 2.12 bits per heavy atom. The Hall–Kier alpha value is -2.80. The van der Waals surface area contributed by atoms with Crippen LogP contribution >= 0.6 is 11.6 Å². The number of hydrogen-bond donors (Lipinski definition) is 0. The van der Waals surface area contributed by atoms with Gasteiger partial charge in [0, 0.05) is 29.7 Å². The van der Waals surface area contributed by atoms with Gasteiger partial charge in [-0.1, -0.05) is 24.9 Å². The van der Waals surface area contributed by atoms with Gasteiger partial charge in [-0.05, 0) is 18.6 Å². The average Bonchev–Trinajstić information content (AvgIpc) is 3.05. The van der Waals surface area contributed by atoms with E-state index in [2.05, 4.69) is 22.0 Å². The van der Waals surface area contributed by atoms with E-state index in [0.29, 0.717) is 11.3 Å². The number of hydrogen-bond acceptors (Lipinski definition) is 5. The van der Waals surface area contributed by atoms with Gasteiger partial charge >= 0.3 is 0 Å². The fourth-order valence-electron chi connectivity index (χ4n) is 2.33. The van der Waals surface area contributed by atoms with Gasteiger partial charge in [0.05, 0.1) is 27.5 Å². The van der Waals surface area contributed by atoms with Crippen LogP contribution in [0.4, 0.5) is 5.69 Å². The van der Waals surface area contributed by atoms with Crippen LogP contribution in [-0.2, 0) is 6.42 Å². The van der Waals surface area contributed by atoms with E-state index >= 15 is 0 Å². The molecule has 0 N–H and O–H groups in total. The van der Waals surface area contributed by atoms with Crippen molar-refractivity contribution in [2.24, 2.45) is 0 Å². The Bertz CT molecular complexity index is 894. The Kier molecular flexibility index (Phi) is 4.52. The Labute approximate surface area is 143 Å². The largest absolute Gasteiger partial charge is 0.289 e. The molecular weight excluding hydrogens is 330 g/mol. The molecule has 24 heavy (non-hydrogen) atoms. The highest BCUT2D eigenvalue weighted by Gasteiger charge is 2.14. The summed E-state index contributed by atoms with van der Waals surface area (Å²) in [6.07, 6.45) is 8.26. The lowest BCUT2D eigenvalue weighted by molar-refractivity contribution is -0.385. The van der Waals surface area contributed by atoms with Gasteiger partial charge in [-0.2, -0.15) is 5.10 Å². The van der Waals surface area contributed by atoms with Crippen LogP contribution in [0.2, 0.25) is 5.02 Å². The van der Waals surface area contributed by atoms with Gasteiger partial charge < -0.3 is 0 Å². The number of halogens is 1. The molecule has 0 aliphatic carbocycles. The zero-order valence-corrected chi connectivity index (χ0v) is 13.6. The second kappa shape index (κ2) is 6.76. The fourth-order valence-corrected chi connectivity index (χ4v) is 2.60.